The molecule has 0 saturated carbocycles. The van der Waals surface area contributed by atoms with Gasteiger partial charge in [0.25, 0.3) is 0 Å². The lowest BCUT2D eigenvalue weighted by Crippen LogP contribution is -2.37. The largest absolute Gasteiger partial charge is 0.222 e. The number of hydrogen-bond acceptors (Lipinski definition) is 3. The molecule has 0 fully saturated rings. The predicted molar refractivity (Wildman–Crippen MR) is 71.7 cm³/mol. The maximum absolute atomic E-state index is 13.8. The normalized spacial score (nSPS) is 12.2. The Morgan fingerprint density at radius 1 is 1.20 bits per heavy atom. The third-order valence-electron chi connectivity index (χ3n) is 3.21. The van der Waals surface area contributed by atoms with Gasteiger partial charge in [-0.2, -0.15) is 5.26 Å². The average Bonchev–Trinajstić information content (AvgIpc) is 2.37. The van der Waals surface area contributed by atoms with Gasteiger partial charge in [0.2, 0.25) is 0 Å². The van der Waals surface area contributed by atoms with Crippen molar-refractivity contribution in [2.24, 2.45) is 0 Å². The lowest BCUT2D eigenvalue weighted by Gasteiger charge is -2.26. The van der Waals surface area contributed by atoms with Gasteiger partial charge in [0.05, 0.1) is 6.07 Å². The van der Waals surface area contributed by atoms with E-state index in [1.807, 2.05) is 6.07 Å². The fourth-order valence-electron chi connectivity index (χ4n) is 2.28. The van der Waals surface area contributed by atoms with Gasteiger partial charge in [-0.25, -0.2) is 17.2 Å². The number of nitrogens with zero attached hydrogens (tertiary/aromatic N) is 1. The molecular weight excluding hydrogens is 284 g/mol. The van der Waals surface area contributed by atoms with Gasteiger partial charge in [-0.15, -0.1) is 0 Å². The van der Waals surface area contributed by atoms with E-state index >= 15 is 0 Å². The second-order valence-electron chi connectivity index (χ2n) is 4.68. The Labute approximate surface area is 118 Å². The van der Waals surface area contributed by atoms with E-state index < -0.39 is 31.1 Å². The molecule has 0 unspecified atom stereocenters. The summed E-state index contributed by atoms with van der Waals surface area (Å²) in [4.78, 5) is -0.609. The Kier molecular flexibility index (Phi) is 5.23. The van der Waals surface area contributed by atoms with Crippen molar-refractivity contribution in [2.45, 2.75) is 49.2 Å². The quantitative estimate of drug-likeness (QED) is 0.754. The highest BCUT2D eigenvalue weighted by molar-refractivity contribution is 7.93. The van der Waals surface area contributed by atoms with Crippen molar-refractivity contribution < 1.29 is 17.2 Å². The Morgan fingerprint density at radius 2 is 1.75 bits per heavy atom. The summed E-state index contributed by atoms with van der Waals surface area (Å²) in [5.74, 6) is -2.01. The van der Waals surface area contributed by atoms with Crippen molar-refractivity contribution in [1.29, 1.82) is 5.26 Å². The van der Waals surface area contributed by atoms with Crippen molar-refractivity contribution >= 4 is 9.84 Å². The molecule has 0 aromatic heterocycles. The molecule has 0 aliphatic heterocycles. The Morgan fingerprint density at radius 3 is 2.15 bits per heavy atom. The molecule has 3 nitrogen and oxygen atoms in total. The van der Waals surface area contributed by atoms with Crippen LogP contribution in [0.3, 0.4) is 0 Å². The van der Waals surface area contributed by atoms with Crippen LogP contribution in [0.5, 0.6) is 0 Å². The van der Waals surface area contributed by atoms with Crippen molar-refractivity contribution in [3.8, 4) is 6.07 Å². The molecule has 0 aliphatic rings. The van der Waals surface area contributed by atoms with Crippen LogP contribution in [0.2, 0.25) is 0 Å². The molecule has 0 heterocycles. The zero-order valence-corrected chi connectivity index (χ0v) is 12.3. The van der Waals surface area contributed by atoms with E-state index in [1.165, 1.54) is 0 Å². The maximum Gasteiger partial charge on any atom is 0.200 e. The highest BCUT2D eigenvalue weighted by Crippen LogP contribution is 2.35. The van der Waals surface area contributed by atoms with Gasteiger partial charge in [-0.3, -0.25) is 0 Å². The molecular formula is C14H17F2NO2S. The van der Waals surface area contributed by atoms with E-state index in [0.717, 1.165) is 12.1 Å². The molecule has 110 valence electrons. The topological polar surface area (TPSA) is 57.9 Å². The zero-order valence-electron chi connectivity index (χ0n) is 11.5. The molecule has 0 radical (unpaired) electrons. The first-order valence-corrected chi connectivity index (χ1v) is 7.94. The molecule has 0 aliphatic carbocycles. The lowest BCUT2D eigenvalue weighted by molar-refractivity contribution is 0.498. The van der Waals surface area contributed by atoms with E-state index in [4.69, 9.17) is 0 Å². The first kappa shape index (κ1) is 16.6. The summed E-state index contributed by atoms with van der Waals surface area (Å²) in [5.41, 5.74) is 0. The standard InChI is InChI=1S/C14H17F2NO2S/c1-3-7-14(10-17,8-4-2)20(18,19)13-6-5-11(15)9-12(13)16/h5-6,9H,3-4,7-8H2,1-2H3. The fraction of sp³-hybridized carbons (Fsp3) is 0.500. The van der Waals surface area contributed by atoms with E-state index in [-0.39, 0.29) is 12.8 Å². The molecule has 0 saturated heterocycles. The SMILES string of the molecule is CCCC(C#N)(CCC)S(=O)(=O)c1ccc(F)cc1F. The number of hydrogen-bond donors (Lipinski definition) is 0. The number of nitriles is 1. The third-order valence-corrected chi connectivity index (χ3v) is 5.65. The van der Waals surface area contributed by atoms with Crippen molar-refractivity contribution in [1.82, 2.24) is 0 Å². The van der Waals surface area contributed by atoms with Crippen LogP contribution in [0, 0.1) is 23.0 Å². The lowest BCUT2D eigenvalue weighted by atomic mass is 9.99. The van der Waals surface area contributed by atoms with E-state index in [9.17, 15) is 22.5 Å². The Hall–Kier alpha value is -1.48. The van der Waals surface area contributed by atoms with Gasteiger partial charge >= 0.3 is 0 Å². The summed E-state index contributed by atoms with van der Waals surface area (Å²) < 4.78 is 50.2. The van der Waals surface area contributed by atoms with Crippen LogP contribution in [0.15, 0.2) is 23.1 Å². The Bertz CT molecular complexity index is 615. The summed E-state index contributed by atoms with van der Waals surface area (Å²) >= 11 is 0. The van der Waals surface area contributed by atoms with Gasteiger partial charge < -0.3 is 0 Å². The molecule has 0 spiro atoms. The molecule has 1 aromatic carbocycles. The van der Waals surface area contributed by atoms with Crippen LogP contribution >= 0.6 is 0 Å². The van der Waals surface area contributed by atoms with E-state index in [2.05, 4.69) is 0 Å². The minimum atomic E-state index is -4.19. The first-order valence-electron chi connectivity index (χ1n) is 6.45. The minimum Gasteiger partial charge on any atom is -0.222 e. The number of rotatable bonds is 6. The summed E-state index contributed by atoms with van der Waals surface area (Å²) in [6.45, 7) is 3.52. The highest BCUT2D eigenvalue weighted by atomic mass is 32.2. The molecule has 0 atom stereocenters. The maximum atomic E-state index is 13.8. The molecule has 0 bridgehead atoms. The molecule has 1 aromatic rings. The van der Waals surface area contributed by atoms with Gasteiger partial charge in [0, 0.05) is 6.07 Å². The molecule has 1 rings (SSSR count). The Balaban J connectivity index is 3.48. The monoisotopic (exact) mass is 301 g/mol. The van der Waals surface area contributed by atoms with Crippen LogP contribution in [0.4, 0.5) is 8.78 Å². The average molecular weight is 301 g/mol. The third kappa shape index (κ3) is 2.83. The molecule has 0 amide bonds. The highest BCUT2D eigenvalue weighted by Gasteiger charge is 2.45. The fourth-order valence-corrected chi connectivity index (χ4v) is 4.33. The molecule has 0 N–H and O–H groups in total. The minimum absolute atomic E-state index is 0.122. The summed E-state index contributed by atoms with van der Waals surface area (Å²) in [7, 11) is -4.19. The second-order valence-corrected chi connectivity index (χ2v) is 6.91. The van der Waals surface area contributed by atoms with Crippen LogP contribution in [-0.4, -0.2) is 13.2 Å². The van der Waals surface area contributed by atoms with E-state index in [1.54, 1.807) is 13.8 Å². The zero-order chi connectivity index (χ0) is 15.4. The number of benzene rings is 1. The van der Waals surface area contributed by atoms with Crippen molar-refractivity contribution in [3.63, 3.8) is 0 Å². The predicted octanol–water partition coefficient (Wildman–Crippen LogP) is 3.60. The van der Waals surface area contributed by atoms with E-state index in [0.29, 0.717) is 18.9 Å². The van der Waals surface area contributed by atoms with Crippen molar-refractivity contribution in [3.05, 3.63) is 29.8 Å². The summed E-state index contributed by atoms with van der Waals surface area (Å²) in [6.07, 6.45) is 1.21. The van der Waals surface area contributed by atoms with Gasteiger partial charge in [0.15, 0.2) is 14.6 Å². The number of halogens is 2. The molecule has 6 heteroatoms. The summed E-state index contributed by atoms with van der Waals surface area (Å²) in [6, 6.07) is 4.14. The first-order chi connectivity index (χ1) is 9.34. The van der Waals surface area contributed by atoms with Gasteiger partial charge in [0.1, 0.15) is 16.5 Å². The van der Waals surface area contributed by atoms with Crippen LogP contribution in [0.25, 0.3) is 0 Å². The van der Waals surface area contributed by atoms with Gasteiger partial charge in [-0.05, 0) is 25.0 Å². The second kappa shape index (κ2) is 6.31. The van der Waals surface area contributed by atoms with Crippen LogP contribution < -0.4 is 0 Å². The van der Waals surface area contributed by atoms with Gasteiger partial charge in [-0.1, -0.05) is 26.7 Å². The number of sulfone groups is 1. The van der Waals surface area contributed by atoms with Crippen LogP contribution in [-0.2, 0) is 9.84 Å². The van der Waals surface area contributed by atoms with Crippen molar-refractivity contribution in [2.75, 3.05) is 0 Å². The smallest absolute Gasteiger partial charge is 0.200 e. The summed E-state index contributed by atoms with van der Waals surface area (Å²) in [5, 5.41) is 9.36. The van der Waals surface area contributed by atoms with Crippen LogP contribution in [0.1, 0.15) is 39.5 Å². The molecule has 20 heavy (non-hydrogen) atoms.